The summed E-state index contributed by atoms with van der Waals surface area (Å²) in [6.45, 7) is 0. The Morgan fingerprint density at radius 1 is 1.27 bits per heavy atom. The molecule has 0 unspecified atom stereocenters. The third-order valence-electron chi connectivity index (χ3n) is 1.98. The average molecular weight is 205 g/mol. The molecule has 5 heteroatoms. The first-order chi connectivity index (χ1) is 7.20. The van der Waals surface area contributed by atoms with Gasteiger partial charge in [-0.15, -0.1) is 0 Å². The number of aromatic carboxylic acids is 1. The summed E-state index contributed by atoms with van der Waals surface area (Å²) in [5.74, 6) is -1.22. The number of benzene rings is 1. The smallest absolute Gasteiger partial charge is 0.365 e. The fourth-order valence-corrected chi connectivity index (χ4v) is 1.32. The number of nitrogens with one attached hydrogen (secondary N) is 1. The van der Waals surface area contributed by atoms with Gasteiger partial charge in [-0.3, -0.25) is 0 Å². The lowest BCUT2D eigenvalue weighted by atomic mass is 10.1. The molecule has 0 aliphatic carbocycles. The van der Waals surface area contributed by atoms with Gasteiger partial charge in [-0.05, 0) is 5.56 Å². The molecule has 0 aliphatic heterocycles. The maximum Gasteiger partial charge on any atom is 0.365 e. The summed E-state index contributed by atoms with van der Waals surface area (Å²) in [6, 6.07) is 8.50. The molecule has 76 valence electrons. The van der Waals surface area contributed by atoms with Gasteiger partial charge in [-0.1, -0.05) is 30.3 Å². The van der Waals surface area contributed by atoms with E-state index >= 15 is 0 Å². The van der Waals surface area contributed by atoms with Crippen molar-refractivity contribution in [2.45, 2.75) is 0 Å². The summed E-state index contributed by atoms with van der Waals surface area (Å²) >= 11 is 0. The SMILES string of the molecule is O=C(O)c1[nH]oc(=O)c1-c1ccccc1. The molecule has 5 nitrogen and oxygen atoms in total. The Kier molecular flexibility index (Phi) is 2.13. The van der Waals surface area contributed by atoms with E-state index in [2.05, 4.69) is 9.68 Å². The van der Waals surface area contributed by atoms with Crippen LogP contribution in [0.15, 0.2) is 39.6 Å². The fraction of sp³-hybridized carbons (Fsp3) is 0. The number of carboxylic acid groups (broad SMARTS) is 1. The molecule has 0 bridgehead atoms. The summed E-state index contributed by atoms with van der Waals surface area (Å²) in [7, 11) is 0. The van der Waals surface area contributed by atoms with Crippen LogP contribution in [-0.2, 0) is 0 Å². The van der Waals surface area contributed by atoms with E-state index in [1.807, 2.05) is 0 Å². The molecule has 1 aromatic heterocycles. The van der Waals surface area contributed by atoms with E-state index in [1.165, 1.54) is 0 Å². The number of carboxylic acids is 1. The predicted octanol–water partition coefficient (Wildman–Crippen LogP) is 1.33. The van der Waals surface area contributed by atoms with Crippen LogP contribution in [0.3, 0.4) is 0 Å². The number of hydrogen-bond acceptors (Lipinski definition) is 3. The second-order valence-corrected chi connectivity index (χ2v) is 2.91. The number of aromatic amines is 1. The molecule has 0 aliphatic rings. The Bertz CT molecular complexity index is 538. The minimum absolute atomic E-state index is 0.0445. The molecule has 2 N–H and O–H groups in total. The number of H-pyrrole nitrogens is 1. The van der Waals surface area contributed by atoms with E-state index in [4.69, 9.17) is 5.11 Å². The average Bonchev–Trinajstić information content (AvgIpc) is 2.61. The first kappa shape index (κ1) is 9.26. The normalized spacial score (nSPS) is 10.1. The van der Waals surface area contributed by atoms with E-state index in [1.54, 1.807) is 30.3 Å². The third-order valence-corrected chi connectivity index (χ3v) is 1.98. The van der Waals surface area contributed by atoms with Crippen LogP contribution < -0.4 is 5.63 Å². The summed E-state index contributed by atoms with van der Waals surface area (Å²) in [6.07, 6.45) is 0. The minimum Gasteiger partial charge on any atom is -0.476 e. The topological polar surface area (TPSA) is 83.3 Å². The second-order valence-electron chi connectivity index (χ2n) is 2.91. The zero-order valence-electron chi connectivity index (χ0n) is 7.56. The number of carbonyl (C=O) groups is 1. The highest BCUT2D eigenvalue weighted by atomic mass is 16.5. The van der Waals surface area contributed by atoms with E-state index in [0.717, 1.165) is 0 Å². The molecular formula is C10H7NO4. The second kappa shape index (κ2) is 3.45. The van der Waals surface area contributed by atoms with Crippen molar-refractivity contribution in [3.05, 3.63) is 46.4 Å². The van der Waals surface area contributed by atoms with Crippen molar-refractivity contribution in [3.63, 3.8) is 0 Å². The third kappa shape index (κ3) is 1.54. The van der Waals surface area contributed by atoms with Crippen LogP contribution in [0.1, 0.15) is 10.5 Å². The van der Waals surface area contributed by atoms with Gasteiger partial charge in [0.25, 0.3) is 0 Å². The van der Waals surface area contributed by atoms with Crippen molar-refractivity contribution in [2.24, 2.45) is 0 Å². The lowest BCUT2D eigenvalue weighted by Gasteiger charge is -1.95. The molecule has 0 saturated heterocycles. The Hall–Kier alpha value is -2.30. The van der Waals surface area contributed by atoms with Crippen molar-refractivity contribution < 1.29 is 14.4 Å². The van der Waals surface area contributed by atoms with Crippen LogP contribution in [0.4, 0.5) is 0 Å². The molecule has 0 saturated carbocycles. The summed E-state index contributed by atoms with van der Waals surface area (Å²) in [5, 5.41) is 10.9. The van der Waals surface area contributed by atoms with E-state index in [-0.39, 0.29) is 11.3 Å². The van der Waals surface area contributed by atoms with E-state index < -0.39 is 11.6 Å². The first-order valence-corrected chi connectivity index (χ1v) is 4.20. The molecule has 0 spiro atoms. The molecule has 1 heterocycles. The highest BCUT2D eigenvalue weighted by Gasteiger charge is 2.19. The van der Waals surface area contributed by atoms with Gasteiger partial charge in [-0.2, -0.15) is 0 Å². The fourth-order valence-electron chi connectivity index (χ4n) is 1.32. The highest BCUT2D eigenvalue weighted by molar-refractivity contribution is 5.93. The molecule has 15 heavy (non-hydrogen) atoms. The molecule has 2 rings (SSSR count). The van der Waals surface area contributed by atoms with Gasteiger partial charge in [0.2, 0.25) is 0 Å². The summed E-state index contributed by atoms with van der Waals surface area (Å²) < 4.78 is 4.45. The lowest BCUT2D eigenvalue weighted by molar-refractivity contribution is 0.0686. The van der Waals surface area contributed by atoms with E-state index in [0.29, 0.717) is 5.56 Å². The van der Waals surface area contributed by atoms with Gasteiger partial charge in [0.05, 0.1) is 0 Å². The standard InChI is InChI=1S/C10H7NO4/c12-9(13)8-7(10(14)15-11-8)6-4-2-1-3-5-6/h1-5,11H,(H,12,13). The van der Waals surface area contributed by atoms with Crippen LogP contribution in [-0.4, -0.2) is 16.2 Å². The Morgan fingerprint density at radius 3 is 2.53 bits per heavy atom. The maximum absolute atomic E-state index is 11.3. The highest BCUT2D eigenvalue weighted by Crippen LogP contribution is 2.18. The predicted molar refractivity (Wildman–Crippen MR) is 51.7 cm³/mol. The molecule has 1 aromatic carbocycles. The van der Waals surface area contributed by atoms with Gasteiger partial charge in [0.1, 0.15) is 5.56 Å². The van der Waals surface area contributed by atoms with Crippen LogP contribution >= 0.6 is 0 Å². The lowest BCUT2D eigenvalue weighted by Crippen LogP contribution is -2.03. The zero-order chi connectivity index (χ0) is 10.8. The van der Waals surface area contributed by atoms with Crippen molar-refractivity contribution in [1.82, 2.24) is 5.16 Å². The van der Waals surface area contributed by atoms with Gasteiger partial charge >= 0.3 is 11.6 Å². The minimum atomic E-state index is -1.22. The Balaban J connectivity index is 2.67. The van der Waals surface area contributed by atoms with E-state index in [9.17, 15) is 9.59 Å². The summed E-state index contributed by atoms with van der Waals surface area (Å²) in [5.41, 5.74) is -0.349. The number of aromatic nitrogens is 1. The zero-order valence-corrected chi connectivity index (χ0v) is 7.56. The summed E-state index contributed by atoms with van der Waals surface area (Å²) in [4.78, 5) is 22.1. The molecule has 0 radical (unpaired) electrons. The molecule has 0 amide bonds. The molecule has 0 atom stereocenters. The van der Waals surface area contributed by atoms with Crippen LogP contribution in [0.2, 0.25) is 0 Å². The first-order valence-electron chi connectivity index (χ1n) is 4.20. The van der Waals surface area contributed by atoms with Crippen LogP contribution in [0.5, 0.6) is 0 Å². The van der Waals surface area contributed by atoms with Crippen molar-refractivity contribution >= 4 is 5.97 Å². The Morgan fingerprint density at radius 2 is 1.93 bits per heavy atom. The number of hydrogen-bond donors (Lipinski definition) is 2. The molecular weight excluding hydrogens is 198 g/mol. The van der Waals surface area contributed by atoms with Gasteiger partial charge in [0.15, 0.2) is 5.69 Å². The van der Waals surface area contributed by atoms with Crippen molar-refractivity contribution in [3.8, 4) is 11.1 Å². The number of rotatable bonds is 2. The molecule has 0 fully saturated rings. The quantitative estimate of drug-likeness (QED) is 0.774. The van der Waals surface area contributed by atoms with Gasteiger partial charge < -0.3 is 9.63 Å². The maximum atomic E-state index is 11.3. The van der Waals surface area contributed by atoms with Gasteiger partial charge in [-0.25, -0.2) is 14.7 Å². The molecule has 2 aromatic rings. The van der Waals surface area contributed by atoms with Crippen LogP contribution in [0, 0.1) is 0 Å². The van der Waals surface area contributed by atoms with Crippen molar-refractivity contribution in [1.29, 1.82) is 0 Å². The Labute approximate surface area is 83.9 Å². The van der Waals surface area contributed by atoms with Crippen LogP contribution in [0.25, 0.3) is 11.1 Å². The largest absolute Gasteiger partial charge is 0.476 e. The monoisotopic (exact) mass is 205 g/mol. The van der Waals surface area contributed by atoms with Gasteiger partial charge in [0, 0.05) is 0 Å². The van der Waals surface area contributed by atoms with Crippen molar-refractivity contribution in [2.75, 3.05) is 0 Å².